The third kappa shape index (κ3) is 2.70. The number of hydrogen-bond acceptors (Lipinski definition) is 2. The highest BCUT2D eigenvalue weighted by atomic mass is 35.5. The Labute approximate surface area is 112 Å². The van der Waals surface area contributed by atoms with Gasteiger partial charge in [-0.25, -0.2) is 0 Å². The molecule has 3 heteroatoms. The predicted molar refractivity (Wildman–Crippen MR) is 75.5 cm³/mol. The molecule has 0 aliphatic carbocycles. The number of carbonyl (C=O) groups excluding carboxylic acids is 1. The van der Waals surface area contributed by atoms with Crippen molar-refractivity contribution in [3.63, 3.8) is 0 Å². The summed E-state index contributed by atoms with van der Waals surface area (Å²) in [4.78, 5) is 16.6. The van der Waals surface area contributed by atoms with E-state index in [0.29, 0.717) is 28.6 Å². The Kier molecular flexibility index (Phi) is 3.97. The molecule has 0 bridgehead atoms. The van der Waals surface area contributed by atoms with Crippen LogP contribution in [0.2, 0.25) is 5.02 Å². The van der Waals surface area contributed by atoms with Gasteiger partial charge in [0.15, 0.2) is 0 Å². The van der Waals surface area contributed by atoms with Crippen LogP contribution in [0.15, 0.2) is 35.5 Å². The Morgan fingerprint density at radius 2 is 2.28 bits per heavy atom. The van der Waals surface area contributed by atoms with Crippen LogP contribution in [0.5, 0.6) is 0 Å². The molecule has 0 saturated carbocycles. The molecule has 1 aromatic carbocycles. The Morgan fingerprint density at radius 3 is 2.94 bits per heavy atom. The maximum absolute atomic E-state index is 12.4. The van der Waals surface area contributed by atoms with Crippen molar-refractivity contribution >= 4 is 23.1 Å². The zero-order chi connectivity index (χ0) is 13.1. The number of carbonyl (C=O) groups is 1. The van der Waals surface area contributed by atoms with Crippen molar-refractivity contribution < 1.29 is 4.79 Å². The SMILES string of the molecule is CCc1ccc(Cl)c(C(=O)C2=NC=CC(C)C2)c1. The van der Waals surface area contributed by atoms with Gasteiger partial charge in [-0.3, -0.25) is 9.79 Å². The van der Waals surface area contributed by atoms with Gasteiger partial charge in [-0.1, -0.05) is 37.6 Å². The number of nitrogens with zero attached hydrogens (tertiary/aromatic N) is 1. The van der Waals surface area contributed by atoms with Crippen LogP contribution in [-0.4, -0.2) is 11.5 Å². The molecule has 0 aromatic heterocycles. The molecule has 1 aromatic rings. The minimum Gasteiger partial charge on any atom is -0.287 e. The number of allylic oxidation sites excluding steroid dienone is 1. The van der Waals surface area contributed by atoms with Crippen molar-refractivity contribution in [2.45, 2.75) is 26.7 Å². The quantitative estimate of drug-likeness (QED) is 0.754. The van der Waals surface area contributed by atoms with Gasteiger partial charge in [0.25, 0.3) is 0 Å². The largest absolute Gasteiger partial charge is 0.287 e. The first-order valence-electron chi connectivity index (χ1n) is 6.18. The highest BCUT2D eigenvalue weighted by molar-refractivity contribution is 6.49. The van der Waals surface area contributed by atoms with Crippen molar-refractivity contribution in [1.82, 2.24) is 0 Å². The van der Waals surface area contributed by atoms with Crippen molar-refractivity contribution in [1.29, 1.82) is 0 Å². The van der Waals surface area contributed by atoms with Gasteiger partial charge < -0.3 is 0 Å². The lowest BCUT2D eigenvalue weighted by atomic mass is 9.95. The van der Waals surface area contributed by atoms with E-state index >= 15 is 0 Å². The molecule has 0 radical (unpaired) electrons. The molecule has 2 rings (SSSR count). The van der Waals surface area contributed by atoms with Crippen LogP contribution in [0.3, 0.4) is 0 Å². The summed E-state index contributed by atoms with van der Waals surface area (Å²) in [6.45, 7) is 4.13. The van der Waals surface area contributed by atoms with E-state index in [-0.39, 0.29) is 5.78 Å². The molecule has 1 atom stereocenters. The minimum atomic E-state index is -0.0495. The monoisotopic (exact) mass is 261 g/mol. The second-order valence-corrected chi connectivity index (χ2v) is 5.00. The molecule has 1 heterocycles. The van der Waals surface area contributed by atoms with Crippen LogP contribution < -0.4 is 0 Å². The summed E-state index contributed by atoms with van der Waals surface area (Å²) in [7, 11) is 0. The maximum atomic E-state index is 12.4. The van der Waals surface area contributed by atoms with Crippen molar-refractivity contribution in [3.8, 4) is 0 Å². The third-order valence-corrected chi connectivity index (χ3v) is 3.44. The van der Waals surface area contributed by atoms with Gasteiger partial charge in [0, 0.05) is 11.8 Å². The summed E-state index contributed by atoms with van der Waals surface area (Å²) in [5.41, 5.74) is 2.28. The summed E-state index contributed by atoms with van der Waals surface area (Å²) in [5, 5.41) is 0.502. The molecule has 0 saturated heterocycles. The second-order valence-electron chi connectivity index (χ2n) is 4.60. The molecule has 0 fully saturated rings. The smallest absolute Gasteiger partial charge is 0.208 e. The van der Waals surface area contributed by atoms with Gasteiger partial charge in [0.2, 0.25) is 5.78 Å². The number of aryl methyl sites for hydroxylation is 1. The Balaban J connectivity index is 2.34. The minimum absolute atomic E-state index is 0.0495. The number of halogens is 1. The van der Waals surface area contributed by atoms with Crippen LogP contribution in [0.4, 0.5) is 0 Å². The number of ketones is 1. The molecule has 0 N–H and O–H groups in total. The van der Waals surface area contributed by atoms with Crippen LogP contribution in [0.25, 0.3) is 0 Å². The first-order chi connectivity index (χ1) is 8.61. The highest BCUT2D eigenvalue weighted by Crippen LogP contribution is 2.22. The Morgan fingerprint density at radius 1 is 1.50 bits per heavy atom. The summed E-state index contributed by atoms with van der Waals surface area (Å²) < 4.78 is 0. The first kappa shape index (κ1) is 13.0. The fourth-order valence-corrected chi connectivity index (χ4v) is 2.18. The second kappa shape index (κ2) is 5.49. The third-order valence-electron chi connectivity index (χ3n) is 3.11. The zero-order valence-corrected chi connectivity index (χ0v) is 11.4. The standard InChI is InChI=1S/C15H16ClNO/c1-3-11-4-5-13(16)12(9-11)15(18)14-8-10(2)6-7-17-14/h4-7,9-10H,3,8H2,1-2H3. The van der Waals surface area contributed by atoms with E-state index in [4.69, 9.17) is 11.6 Å². The van der Waals surface area contributed by atoms with Gasteiger partial charge in [0.1, 0.15) is 0 Å². The van der Waals surface area contributed by atoms with E-state index in [1.807, 2.05) is 18.2 Å². The van der Waals surface area contributed by atoms with E-state index in [9.17, 15) is 4.79 Å². The van der Waals surface area contributed by atoms with E-state index < -0.39 is 0 Å². The lowest BCUT2D eigenvalue weighted by Crippen LogP contribution is -2.19. The topological polar surface area (TPSA) is 29.4 Å². The summed E-state index contributed by atoms with van der Waals surface area (Å²) in [6, 6.07) is 5.61. The molecule has 0 amide bonds. The number of aliphatic imine (C=N–C) groups is 1. The van der Waals surface area contributed by atoms with Crippen molar-refractivity contribution in [2.75, 3.05) is 0 Å². The molecular weight excluding hydrogens is 246 g/mol. The summed E-state index contributed by atoms with van der Waals surface area (Å²) >= 11 is 6.11. The number of hydrogen-bond donors (Lipinski definition) is 0. The fraction of sp³-hybridized carbons (Fsp3) is 0.333. The summed E-state index contributed by atoms with van der Waals surface area (Å²) in [5.74, 6) is 0.307. The van der Waals surface area contributed by atoms with Crippen LogP contribution >= 0.6 is 11.6 Å². The molecule has 1 aliphatic heterocycles. The molecule has 1 unspecified atom stereocenters. The van der Waals surface area contributed by atoms with Crippen LogP contribution in [0, 0.1) is 5.92 Å². The lowest BCUT2D eigenvalue weighted by Gasteiger charge is -2.13. The van der Waals surface area contributed by atoms with Crippen LogP contribution in [-0.2, 0) is 6.42 Å². The van der Waals surface area contributed by atoms with Gasteiger partial charge in [0.05, 0.1) is 10.7 Å². The van der Waals surface area contributed by atoms with Gasteiger partial charge in [-0.2, -0.15) is 0 Å². The normalized spacial score (nSPS) is 18.6. The molecule has 1 aliphatic rings. The Hall–Kier alpha value is -1.41. The van der Waals surface area contributed by atoms with E-state index in [0.717, 1.165) is 12.0 Å². The van der Waals surface area contributed by atoms with E-state index in [2.05, 4.69) is 18.8 Å². The number of rotatable bonds is 3. The number of Topliss-reactive ketones (excluding diaryl/α,β-unsaturated/α-hetero) is 1. The highest BCUT2D eigenvalue weighted by Gasteiger charge is 2.20. The lowest BCUT2D eigenvalue weighted by molar-refractivity contribution is 0.106. The molecular formula is C15H16ClNO. The van der Waals surface area contributed by atoms with E-state index in [1.165, 1.54) is 0 Å². The Bertz CT molecular complexity index is 531. The van der Waals surface area contributed by atoms with Gasteiger partial charge >= 0.3 is 0 Å². The molecule has 0 spiro atoms. The fourth-order valence-electron chi connectivity index (χ4n) is 1.98. The maximum Gasteiger partial charge on any atom is 0.208 e. The number of benzene rings is 1. The molecule has 18 heavy (non-hydrogen) atoms. The summed E-state index contributed by atoms with van der Waals surface area (Å²) in [6.07, 6.45) is 5.28. The average molecular weight is 262 g/mol. The van der Waals surface area contributed by atoms with E-state index in [1.54, 1.807) is 12.3 Å². The molecule has 2 nitrogen and oxygen atoms in total. The van der Waals surface area contributed by atoms with Gasteiger partial charge in [-0.15, -0.1) is 0 Å². The average Bonchev–Trinajstić information content (AvgIpc) is 2.38. The van der Waals surface area contributed by atoms with Crippen LogP contribution in [0.1, 0.15) is 36.2 Å². The van der Waals surface area contributed by atoms with Crippen molar-refractivity contribution in [3.05, 3.63) is 46.6 Å². The molecule has 94 valence electrons. The van der Waals surface area contributed by atoms with Gasteiger partial charge in [-0.05, 0) is 36.5 Å². The first-order valence-corrected chi connectivity index (χ1v) is 6.56. The van der Waals surface area contributed by atoms with Crippen molar-refractivity contribution in [2.24, 2.45) is 10.9 Å². The zero-order valence-electron chi connectivity index (χ0n) is 10.6. The predicted octanol–water partition coefficient (Wildman–Crippen LogP) is 4.08.